The van der Waals surface area contributed by atoms with Gasteiger partial charge in [-0.15, -0.1) is 5.11 Å². The van der Waals surface area contributed by atoms with Crippen molar-refractivity contribution >= 4 is 17.5 Å². The van der Waals surface area contributed by atoms with Crippen LogP contribution < -0.4 is 5.32 Å². The van der Waals surface area contributed by atoms with Gasteiger partial charge in [0, 0.05) is 23.9 Å². The Morgan fingerprint density at radius 1 is 1.18 bits per heavy atom. The van der Waals surface area contributed by atoms with E-state index in [0.29, 0.717) is 12.1 Å². The van der Waals surface area contributed by atoms with Crippen molar-refractivity contribution in [3.63, 3.8) is 0 Å². The van der Waals surface area contributed by atoms with Gasteiger partial charge in [0.15, 0.2) is 0 Å². The maximum Gasteiger partial charge on any atom is 0.291 e. The first-order chi connectivity index (χ1) is 13.6. The molecule has 28 heavy (non-hydrogen) atoms. The van der Waals surface area contributed by atoms with Crippen LogP contribution in [0.1, 0.15) is 47.4 Å². The van der Waals surface area contributed by atoms with E-state index in [1.54, 1.807) is 6.20 Å². The van der Waals surface area contributed by atoms with Gasteiger partial charge >= 0.3 is 0 Å². The topological polar surface area (TPSA) is 96.7 Å². The summed E-state index contributed by atoms with van der Waals surface area (Å²) >= 11 is 0. The average molecular weight is 375 g/mol. The third kappa shape index (κ3) is 3.88. The van der Waals surface area contributed by atoms with Crippen molar-refractivity contribution < 1.29 is 9.59 Å². The number of nitrogens with one attached hydrogen (secondary N) is 1. The maximum absolute atomic E-state index is 12.4. The summed E-state index contributed by atoms with van der Waals surface area (Å²) in [4.78, 5) is 32.5. The summed E-state index contributed by atoms with van der Waals surface area (Å²) in [5, 5.41) is 11.0. The van der Waals surface area contributed by atoms with Crippen LogP contribution in [-0.2, 0) is 11.2 Å². The molecule has 1 aliphatic heterocycles. The minimum atomic E-state index is -0.301. The summed E-state index contributed by atoms with van der Waals surface area (Å²) in [6, 6.07) is 7.56. The van der Waals surface area contributed by atoms with Crippen LogP contribution in [0.2, 0.25) is 0 Å². The molecular weight excluding hydrogens is 354 g/mol. The molecule has 1 atom stereocenters. The van der Waals surface area contributed by atoms with E-state index in [2.05, 4.69) is 25.5 Å². The first kappa shape index (κ1) is 18.2. The predicted octanol–water partition coefficient (Wildman–Crippen LogP) is 3.81. The number of nitrogens with zero attached hydrogens (tertiary/aromatic N) is 4. The molecule has 1 aliphatic carbocycles. The summed E-state index contributed by atoms with van der Waals surface area (Å²) in [5.74, 6) is -0.476. The van der Waals surface area contributed by atoms with Gasteiger partial charge in [-0.3, -0.25) is 14.6 Å². The van der Waals surface area contributed by atoms with E-state index in [9.17, 15) is 9.59 Å². The SMILES string of the molecule is Cc1cnc(C(=O)Nc2cccc(CC3N=NC(=O)C4=C3CCCC4)c2)cn1. The van der Waals surface area contributed by atoms with E-state index >= 15 is 0 Å². The van der Waals surface area contributed by atoms with Gasteiger partial charge in [-0.25, -0.2) is 4.98 Å². The smallest absolute Gasteiger partial charge is 0.291 e. The molecule has 1 N–H and O–H groups in total. The van der Waals surface area contributed by atoms with Gasteiger partial charge in [0.25, 0.3) is 11.8 Å². The Kier molecular flexibility index (Phi) is 5.06. The Labute approximate surface area is 163 Å². The highest BCUT2D eigenvalue weighted by molar-refractivity contribution is 6.02. The predicted molar refractivity (Wildman–Crippen MR) is 104 cm³/mol. The molecule has 0 saturated carbocycles. The van der Waals surface area contributed by atoms with Crippen molar-refractivity contribution in [1.29, 1.82) is 0 Å². The number of anilines is 1. The lowest BCUT2D eigenvalue weighted by atomic mass is 9.84. The van der Waals surface area contributed by atoms with Gasteiger partial charge in [-0.1, -0.05) is 12.1 Å². The van der Waals surface area contributed by atoms with Gasteiger partial charge in [-0.2, -0.15) is 5.11 Å². The molecule has 0 fully saturated rings. The van der Waals surface area contributed by atoms with Crippen LogP contribution in [0.5, 0.6) is 0 Å². The Bertz CT molecular complexity index is 979. The second-order valence-corrected chi connectivity index (χ2v) is 7.15. The first-order valence-corrected chi connectivity index (χ1v) is 9.46. The third-order valence-electron chi connectivity index (χ3n) is 5.09. The van der Waals surface area contributed by atoms with Crippen molar-refractivity contribution in [2.45, 2.75) is 45.1 Å². The van der Waals surface area contributed by atoms with E-state index in [4.69, 9.17) is 0 Å². The molecule has 142 valence electrons. The summed E-state index contributed by atoms with van der Waals surface area (Å²) in [6.07, 6.45) is 7.53. The normalized spacial score (nSPS) is 18.8. The van der Waals surface area contributed by atoms with Crippen molar-refractivity contribution in [3.8, 4) is 0 Å². The molecular formula is C21H21N5O2. The number of hydrogen-bond donors (Lipinski definition) is 1. The standard InChI is InChI=1S/C21H21N5O2/c1-13-11-23-19(12-22-13)21(28)24-15-6-4-5-14(9-15)10-18-16-7-2-3-8-17(16)20(27)26-25-18/h4-6,9,11-12,18H,2-3,7-8,10H2,1H3,(H,24,28). The number of carbonyl (C=O) groups excluding carboxylic acids is 2. The number of hydrogen-bond acceptors (Lipinski definition) is 5. The molecule has 4 rings (SSSR count). The monoisotopic (exact) mass is 375 g/mol. The van der Waals surface area contributed by atoms with E-state index in [1.165, 1.54) is 6.20 Å². The molecule has 2 amide bonds. The first-order valence-electron chi connectivity index (χ1n) is 9.46. The summed E-state index contributed by atoms with van der Waals surface area (Å²) in [6.45, 7) is 1.82. The number of benzene rings is 1. The second-order valence-electron chi connectivity index (χ2n) is 7.15. The molecule has 7 heteroatoms. The molecule has 1 unspecified atom stereocenters. The van der Waals surface area contributed by atoms with Gasteiger partial charge in [-0.05, 0) is 55.9 Å². The number of aromatic nitrogens is 2. The molecule has 2 heterocycles. The fourth-order valence-corrected chi connectivity index (χ4v) is 3.66. The molecule has 0 spiro atoms. The van der Waals surface area contributed by atoms with Gasteiger partial charge < -0.3 is 5.32 Å². The summed E-state index contributed by atoms with van der Waals surface area (Å²) in [5.41, 5.74) is 4.74. The molecule has 7 nitrogen and oxygen atoms in total. The molecule has 2 aliphatic rings. The molecule has 1 aromatic carbocycles. The van der Waals surface area contributed by atoms with Crippen molar-refractivity contribution in [1.82, 2.24) is 9.97 Å². The lowest BCUT2D eigenvalue weighted by molar-refractivity contribution is -0.115. The van der Waals surface area contributed by atoms with Crippen LogP contribution in [0.3, 0.4) is 0 Å². The molecule has 1 aromatic heterocycles. The Morgan fingerprint density at radius 3 is 2.86 bits per heavy atom. The van der Waals surface area contributed by atoms with Crippen LogP contribution in [0.15, 0.2) is 58.0 Å². The van der Waals surface area contributed by atoms with Crippen LogP contribution in [0.4, 0.5) is 5.69 Å². The summed E-state index contributed by atoms with van der Waals surface area (Å²) < 4.78 is 0. The minimum absolute atomic E-state index is 0.0954. The molecule has 0 bridgehead atoms. The van der Waals surface area contributed by atoms with E-state index in [1.807, 2.05) is 31.2 Å². The van der Waals surface area contributed by atoms with E-state index in [-0.39, 0.29) is 23.6 Å². The van der Waals surface area contributed by atoms with Crippen LogP contribution in [0.25, 0.3) is 0 Å². The fraction of sp³-hybridized carbons (Fsp3) is 0.333. The Morgan fingerprint density at radius 2 is 2.04 bits per heavy atom. The van der Waals surface area contributed by atoms with Crippen LogP contribution in [-0.4, -0.2) is 27.8 Å². The molecule has 2 aromatic rings. The number of aryl methyl sites for hydroxylation is 1. The van der Waals surface area contributed by atoms with Crippen LogP contribution in [0, 0.1) is 6.92 Å². The molecule has 0 saturated heterocycles. The quantitative estimate of drug-likeness (QED) is 0.879. The van der Waals surface area contributed by atoms with E-state index in [0.717, 1.165) is 48.1 Å². The average Bonchev–Trinajstić information content (AvgIpc) is 2.71. The highest BCUT2D eigenvalue weighted by atomic mass is 16.2. The Hall–Kier alpha value is -3.22. The lowest BCUT2D eigenvalue weighted by Crippen LogP contribution is -2.23. The van der Waals surface area contributed by atoms with Crippen molar-refractivity contribution in [2.24, 2.45) is 10.2 Å². The van der Waals surface area contributed by atoms with Gasteiger partial charge in [0.1, 0.15) is 5.69 Å². The fourth-order valence-electron chi connectivity index (χ4n) is 3.66. The van der Waals surface area contributed by atoms with Crippen molar-refractivity contribution in [3.05, 3.63) is 64.8 Å². The minimum Gasteiger partial charge on any atom is -0.321 e. The zero-order chi connectivity index (χ0) is 19.5. The highest BCUT2D eigenvalue weighted by Crippen LogP contribution is 2.33. The number of amides is 2. The van der Waals surface area contributed by atoms with Crippen LogP contribution >= 0.6 is 0 Å². The largest absolute Gasteiger partial charge is 0.321 e. The zero-order valence-corrected chi connectivity index (χ0v) is 15.7. The van der Waals surface area contributed by atoms with Crippen molar-refractivity contribution in [2.75, 3.05) is 5.32 Å². The number of carbonyl (C=O) groups is 2. The Balaban J connectivity index is 1.49. The maximum atomic E-state index is 12.4. The van der Waals surface area contributed by atoms with Gasteiger partial charge in [0.05, 0.1) is 17.9 Å². The summed E-state index contributed by atoms with van der Waals surface area (Å²) in [7, 11) is 0. The zero-order valence-electron chi connectivity index (χ0n) is 15.7. The number of rotatable bonds is 4. The molecule has 0 radical (unpaired) electrons. The van der Waals surface area contributed by atoms with E-state index < -0.39 is 0 Å². The van der Waals surface area contributed by atoms with Gasteiger partial charge in [0.2, 0.25) is 0 Å². The number of azo groups is 1. The third-order valence-corrected chi connectivity index (χ3v) is 5.09. The highest BCUT2D eigenvalue weighted by Gasteiger charge is 2.28. The lowest BCUT2D eigenvalue weighted by Gasteiger charge is -2.25. The second kappa shape index (κ2) is 7.80.